The molecule has 0 saturated heterocycles. The second-order valence-corrected chi connectivity index (χ2v) is 5.14. The van der Waals surface area contributed by atoms with Crippen LogP contribution in [0.15, 0.2) is 0 Å². The number of nitrogens with zero attached hydrogens (tertiary/aromatic N) is 1. The maximum absolute atomic E-state index is 12.0. The van der Waals surface area contributed by atoms with E-state index >= 15 is 0 Å². The van der Waals surface area contributed by atoms with Crippen molar-refractivity contribution >= 4 is 11.9 Å². The number of carbonyl (C=O) groups is 2. The lowest BCUT2D eigenvalue weighted by molar-refractivity contribution is -0.146. The van der Waals surface area contributed by atoms with Gasteiger partial charge in [0, 0.05) is 19.5 Å². The first-order valence-electron chi connectivity index (χ1n) is 6.97. The Morgan fingerprint density at radius 2 is 1.89 bits per heavy atom. The first-order valence-corrected chi connectivity index (χ1v) is 6.97. The first-order chi connectivity index (χ1) is 8.56. The highest BCUT2D eigenvalue weighted by Gasteiger charge is 2.27. The van der Waals surface area contributed by atoms with Crippen LogP contribution in [0.3, 0.4) is 0 Å². The molecule has 18 heavy (non-hydrogen) atoms. The van der Waals surface area contributed by atoms with Gasteiger partial charge in [-0.1, -0.05) is 19.8 Å². The molecule has 1 aliphatic carbocycles. The number of hydrogen-bond acceptors (Lipinski definition) is 3. The molecular weight excluding hydrogens is 230 g/mol. The van der Waals surface area contributed by atoms with Crippen LogP contribution in [0.5, 0.6) is 0 Å². The smallest absolute Gasteiger partial charge is 0.306 e. The summed E-state index contributed by atoms with van der Waals surface area (Å²) < 4.78 is 4.83. The summed E-state index contributed by atoms with van der Waals surface area (Å²) in [5.41, 5.74) is 0. The summed E-state index contributed by atoms with van der Waals surface area (Å²) in [4.78, 5) is 25.1. The number of esters is 1. The molecule has 0 aromatic heterocycles. The van der Waals surface area contributed by atoms with Crippen molar-refractivity contribution < 1.29 is 14.3 Å². The molecule has 1 rings (SSSR count). The molecule has 1 fully saturated rings. The van der Waals surface area contributed by atoms with Crippen LogP contribution < -0.4 is 0 Å². The van der Waals surface area contributed by atoms with E-state index in [4.69, 9.17) is 4.74 Å². The summed E-state index contributed by atoms with van der Waals surface area (Å²) in [5, 5.41) is 0. The zero-order valence-corrected chi connectivity index (χ0v) is 11.8. The first kappa shape index (κ1) is 15.0. The normalized spacial score (nSPS) is 23.5. The molecule has 4 heteroatoms. The molecular formula is C14H25NO3. The molecule has 2 atom stereocenters. The van der Waals surface area contributed by atoms with Crippen molar-refractivity contribution in [2.24, 2.45) is 5.92 Å². The van der Waals surface area contributed by atoms with Gasteiger partial charge in [0.2, 0.25) is 5.91 Å². The predicted octanol–water partition coefficient (Wildman–Crippen LogP) is 2.37. The van der Waals surface area contributed by atoms with E-state index in [0.717, 1.165) is 6.42 Å². The van der Waals surface area contributed by atoms with Gasteiger partial charge < -0.3 is 9.64 Å². The van der Waals surface area contributed by atoms with Crippen LogP contribution in [-0.4, -0.2) is 36.5 Å². The minimum Gasteiger partial charge on any atom is -0.466 e. The third kappa shape index (κ3) is 4.31. The zero-order chi connectivity index (χ0) is 13.5. The van der Waals surface area contributed by atoms with Gasteiger partial charge in [0.15, 0.2) is 0 Å². The van der Waals surface area contributed by atoms with Crippen LogP contribution in [0.25, 0.3) is 0 Å². The number of hydrogen-bond donors (Lipinski definition) is 0. The van der Waals surface area contributed by atoms with Crippen LogP contribution in [0.4, 0.5) is 0 Å². The molecule has 1 saturated carbocycles. The SMILES string of the molecule is CCOC(=O)CCC(=O)N(C)C1CCCCC1C. The van der Waals surface area contributed by atoms with Crippen LogP contribution >= 0.6 is 0 Å². The minimum atomic E-state index is -0.282. The highest BCUT2D eigenvalue weighted by Crippen LogP contribution is 2.27. The second kappa shape index (κ2) is 7.39. The third-order valence-electron chi connectivity index (χ3n) is 3.81. The fraction of sp³-hybridized carbons (Fsp3) is 0.857. The Morgan fingerprint density at radius 3 is 2.50 bits per heavy atom. The standard InChI is InChI=1S/C14H25NO3/c1-4-18-14(17)10-9-13(16)15(3)12-8-6-5-7-11(12)2/h11-12H,4-10H2,1-3H3. The van der Waals surface area contributed by atoms with Gasteiger partial charge in [0.1, 0.15) is 0 Å². The predicted molar refractivity (Wildman–Crippen MR) is 70.1 cm³/mol. The van der Waals surface area contributed by atoms with E-state index in [2.05, 4.69) is 6.92 Å². The monoisotopic (exact) mass is 255 g/mol. The van der Waals surface area contributed by atoms with Gasteiger partial charge in [-0.2, -0.15) is 0 Å². The zero-order valence-electron chi connectivity index (χ0n) is 11.8. The molecule has 0 bridgehead atoms. The topological polar surface area (TPSA) is 46.6 Å². The molecule has 0 N–H and O–H groups in total. The number of ether oxygens (including phenoxy) is 1. The van der Waals surface area contributed by atoms with Crippen LogP contribution in [-0.2, 0) is 14.3 Å². The van der Waals surface area contributed by atoms with Crippen LogP contribution in [0.1, 0.15) is 52.4 Å². The molecule has 1 amide bonds. The van der Waals surface area contributed by atoms with E-state index in [0.29, 0.717) is 18.6 Å². The number of carbonyl (C=O) groups excluding carboxylic acids is 2. The quantitative estimate of drug-likeness (QED) is 0.708. The molecule has 2 unspecified atom stereocenters. The van der Waals surface area contributed by atoms with Gasteiger partial charge in [-0.3, -0.25) is 9.59 Å². The fourth-order valence-corrected chi connectivity index (χ4v) is 2.68. The van der Waals surface area contributed by atoms with Gasteiger partial charge in [-0.15, -0.1) is 0 Å². The van der Waals surface area contributed by atoms with E-state index in [1.54, 1.807) is 6.92 Å². The molecule has 0 heterocycles. The average Bonchev–Trinajstić information content (AvgIpc) is 2.36. The van der Waals surface area contributed by atoms with Crippen molar-refractivity contribution in [1.82, 2.24) is 4.90 Å². The summed E-state index contributed by atoms with van der Waals surface area (Å²) in [6, 6.07) is 0.341. The Kier molecular flexibility index (Phi) is 6.16. The van der Waals surface area contributed by atoms with Crippen molar-refractivity contribution in [2.45, 2.75) is 58.4 Å². The summed E-state index contributed by atoms with van der Waals surface area (Å²) in [6.07, 6.45) is 5.20. The van der Waals surface area contributed by atoms with E-state index in [9.17, 15) is 9.59 Å². The van der Waals surface area contributed by atoms with E-state index < -0.39 is 0 Å². The van der Waals surface area contributed by atoms with Gasteiger partial charge in [0.05, 0.1) is 13.0 Å². The maximum atomic E-state index is 12.0. The van der Waals surface area contributed by atoms with E-state index in [1.165, 1.54) is 19.3 Å². The summed E-state index contributed by atoms with van der Waals surface area (Å²) in [5.74, 6) is 0.341. The minimum absolute atomic E-state index is 0.0572. The molecule has 104 valence electrons. The Morgan fingerprint density at radius 1 is 1.22 bits per heavy atom. The molecule has 1 aliphatic rings. The lowest BCUT2D eigenvalue weighted by Crippen LogP contribution is -2.42. The Balaban J connectivity index is 2.38. The molecule has 0 aliphatic heterocycles. The molecule has 0 aromatic rings. The fourth-order valence-electron chi connectivity index (χ4n) is 2.68. The number of rotatable bonds is 5. The highest BCUT2D eigenvalue weighted by atomic mass is 16.5. The van der Waals surface area contributed by atoms with Gasteiger partial charge >= 0.3 is 5.97 Å². The van der Waals surface area contributed by atoms with E-state index in [1.807, 2.05) is 11.9 Å². The maximum Gasteiger partial charge on any atom is 0.306 e. The molecule has 0 radical (unpaired) electrons. The highest BCUT2D eigenvalue weighted by molar-refractivity contribution is 5.81. The summed E-state index contributed by atoms with van der Waals surface area (Å²) in [7, 11) is 1.86. The molecule has 0 spiro atoms. The van der Waals surface area contributed by atoms with Gasteiger partial charge in [-0.25, -0.2) is 0 Å². The van der Waals surface area contributed by atoms with Gasteiger partial charge in [0.25, 0.3) is 0 Å². The van der Waals surface area contributed by atoms with Crippen LogP contribution in [0, 0.1) is 5.92 Å². The largest absolute Gasteiger partial charge is 0.466 e. The Hall–Kier alpha value is -1.06. The Bertz CT molecular complexity index is 291. The van der Waals surface area contributed by atoms with Crippen molar-refractivity contribution in [1.29, 1.82) is 0 Å². The van der Waals surface area contributed by atoms with Crippen molar-refractivity contribution in [3.63, 3.8) is 0 Å². The summed E-state index contributed by atoms with van der Waals surface area (Å²) >= 11 is 0. The lowest BCUT2D eigenvalue weighted by Gasteiger charge is -2.36. The average molecular weight is 255 g/mol. The lowest BCUT2D eigenvalue weighted by atomic mass is 9.85. The summed E-state index contributed by atoms with van der Waals surface area (Å²) in [6.45, 7) is 4.36. The van der Waals surface area contributed by atoms with Gasteiger partial charge in [-0.05, 0) is 25.7 Å². The van der Waals surface area contributed by atoms with Crippen molar-refractivity contribution in [3.05, 3.63) is 0 Å². The van der Waals surface area contributed by atoms with Crippen molar-refractivity contribution in [2.75, 3.05) is 13.7 Å². The number of amides is 1. The van der Waals surface area contributed by atoms with Crippen molar-refractivity contribution in [3.8, 4) is 0 Å². The second-order valence-electron chi connectivity index (χ2n) is 5.14. The molecule has 0 aromatic carbocycles. The molecule has 4 nitrogen and oxygen atoms in total. The Labute approximate surface area is 110 Å². The van der Waals surface area contributed by atoms with Crippen LogP contribution in [0.2, 0.25) is 0 Å². The van der Waals surface area contributed by atoms with E-state index in [-0.39, 0.29) is 24.7 Å². The third-order valence-corrected chi connectivity index (χ3v) is 3.81.